The van der Waals surface area contributed by atoms with Crippen LogP contribution >= 0.6 is 0 Å². The third kappa shape index (κ3) is 2.66. The minimum absolute atomic E-state index is 0.118. The molecule has 11 heavy (non-hydrogen) atoms. The van der Waals surface area contributed by atoms with Crippen molar-refractivity contribution < 1.29 is 4.92 Å². The minimum Gasteiger partial charge on any atom is -0.393 e. The van der Waals surface area contributed by atoms with Crippen molar-refractivity contribution >= 4 is 0 Å². The van der Waals surface area contributed by atoms with E-state index in [9.17, 15) is 10.1 Å². The molecule has 0 spiro atoms. The normalized spacial score (nSPS) is 12.8. The molecule has 0 aliphatic rings. The fraction of sp³-hybridized carbons (Fsp3) is 0.143. The van der Waals surface area contributed by atoms with Gasteiger partial charge in [-0.25, -0.2) is 0 Å². The monoisotopic (exact) mass is 154 g/mol. The molecule has 4 nitrogen and oxygen atoms in total. The highest BCUT2D eigenvalue weighted by atomic mass is 16.6. The van der Waals surface area contributed by atoms with Crippen LogP contribution < -0.4 is 5.73 Å². The van der Waals surface area contributed by atoms with Crippen molar-refractivity contribution in [3.8, 4) is 0 Å². The first-order chi connectivity index (χ1) is 5.13. The van der Waals surface area contributed by atoms with Gasteiger partial charge in [-0.3, -0.25) is 10.1 Å². The first-order valence-electron chi connectivity index (χ1n) is 3.02. The molecule has 0 bridgehead atoms. The van der Waals surface area contributed by atoms with E-state index in [0.29, 0.717) is 0 Å². The molecule has 0 aromatic heterocycles. The predicted octanol–water partition coefficient (Wildman–Crippen LogP) is 1.20. The molecule has 0 atom stereocenters. The Hall–Kier alpha value is -1.58. The van der Waals surface area contributed by atoms with Crippen LogP contribution in [0.25, 0.3) is 0 Å². The summed E-state index contributed by atoms with van der Waals surface area (Å²) in [5, 5.41) is 10.2. The Labute approximate surface area is 64.9 Å². The zero-order valence-electron chi connectivity index (χ0n) is 6.28. The summed E-state index contributed by atoms with van der Waals surface area (Å²) in [6.45, 7) is 5.00. The van der Waals surface area contributed by atoms with Gasteiger partial charge in [0, 0.05) is 6.08 Å². The highest BCUT2D eigenvalue weighted by molar-refractivity contribution is 5.24. The van der Waals surface area contributed by atoms with Crippen LogP contribution in [0, 0.1) is 10.1 Å². The Bertz CT molecular complexity index is 229. The number of nitro groups is 1. The molecule has 0 radical (unpaired) electrons. The lowest BCUT2D eigenvalue weighted by atomic mass is 10.3. The maximum absolute atomic E-state index is 10.2. The topological polar surface area (TPSA) is 69.2 Å². The van der Waals surface area contributed by atoms with Gasteiger partial charge in [0.1, 0.15) is 5.70 Å². The Morgan fingerprint density at radius 2 is 2.27 bits per heavy atom. The van der Waals surface area contributed by atoms with Crippen LogP contribution in [-0.2, 0) is 0 Å². The van der Waals surface area contributed by atoms with Crippen molar-refractivity contribution in [2.75, 3.05) is 0 Å². The van der Waals surface area contributed by atoms with E-state index in [1.54, 1.807) is 13.0 Å². The summed E-state index contributed by atoms with van der Waals surface area (Å²) in [6, 6.07) is 0. The van der Waals surface area contributed by atoms with Gasteiger partial charge in [-0.1, -0.05) is 12.7 Å². The summed E-state index contributed by atoms with van der Waals surface area (Å²) in [5.74, 6) is 0. The number of hydrogen-bond acceptors (Lipinski definition) is 3. The van der Waals surface area contributed by atoms with Gasteiger partial charge in [-0.15, -0.1) is 0 Å². The van der Waals surface area contributed by atoms with Crippen molar-refractivity contribution in [3.63, 3.8) is 0 Å². The number of allylic oxidation sites excluding steroid dienone is 3. The molecule has 0 saturated carbocycles. The highest BCUT2D eigenvalue weighted by Gasteiger charge is 2.08. The molecular formula is C7H10N2O2. The Morgan fingerprint density at radius 3 is 2.55 bits per heavy atom. The van der Waals surface area contributed by atoms with E-state index in [1.165, 1.54) is 6.08 Å². The van der Waals surface area contributed by atoms with Crippen LogP contribution in [0.15, 0.2) is 36.2 Å². The van der Waals surface area contributed by atoms with Crippen LogP contribution in [0.1, 0.15) is 6.92 Å². The number of nitrogens with two attached hydrogens (primary N) is 1. The summed E-state index contributed by atoms with van der Waals surface area (Å²) in [5.41, 5.74) is 5.27. The van der Waals surface area contributed by atoms with Gasteiger partial charge in [0.05, 0.1) is 4.92 Å². The lowest BCUT2D eigenvalue weighted by Crippen LogP contribution is -2.05. The fourth-order valence-corrected chi connectivity index (χ4v) is 0.563. The van der Waals surface area contributed by atoms with E-state index in [1.807, 2.05) is 0 Å². The molecule has 0 aromatic carbocycles. The molecule has 0 aliphatic heterocycles. The molecule has 4 heteroatoms. The molecule has 0 unspecified atom stereocenters. The van der Waals surface area contributed by atoms with E-state index in [-0.39, 0.29) is 11.4 Å². The number of hydrogen-bond donors (Lipinski definition) is 1. The van der Waals surface area contributed by atoms with Crippen LogP contribution in [0.2, 0.25) is 0 Å². The molecule has 0 heterocycles. The molecule has 60 valence electrons. The van der Waals surface area contributed by atoms with Crippen molar-refractivity contribution in [1.82, 2.24) is 0 Å². The number of nitrogens with zero attached hydrogens (tertiary/aromatic N) is 1. The summed E-state index contributed by atoms with van der Waals surface area (Å²) in [4.78, 5) is 9.64. The second-order valence-corrected chi connectivity index (χ2v) is 1.80. The van der Waals surface area contributed by atoms with E-state index >= 15 is 0 Å². The van der Waals surface area contributed by atoms with Gasteiger partial charge in [0.2, 0.25) is 0 Å². The van der Waals surface area contributed by atoms with Gasteiger partial charge in [0.25, 0.3) is 5.70 Å². The summed E-state index contributed by atoms with van der Waals surface area (Å²) >= 11 is 0. The lowest BCUT2D eigenvalue weighted by Gasteiger charge is -1.92. The van der Waals surface area contributed by atoms with Gasteiger partial charge in [-0.05, 0) is 13.0 Å². The Morgan fingerprint density at radius 1 is 1.73 bits per heavy atom. The molecule has 0 aliphatic carbocycles. The van der Waals surface area contributed by atoms with Crippen molar-refractivity contribution in [2.45, 2.75) is 6.92 Å². The summed E-state index contributed by atoms with van der Waals surface area (Å²) < 4.78 is 0. The molecule has 0 aromatic rings. The van der Waals surface area contributed by atoms with E-state index in [4.69, 9.17) is 5.73 Å². The van der Waals surface area contributed by atoms with Crippen LogP contribution in [0.4, 0.5) is 0 Å². The van der Waals surface area contributed by atoms with E-state index < -0.39 is 4.92 Å². The quantitative estimate of drug-likeness (QED) is 0.377. The molecular weight excluding hydrogens is 144 g/mol. The van der Waals surface area contributed by atoms with Gasteiger partial charge < -0.3 is 5.73 Å². The van der Waals surface area contributed by atoms with Crippen molar-refractivity contribution in [3.05, 3.63) is 46.3 Å². The molecule has 0 saturated heterocycles. The molecule has 0 rings (SSSR count). The third-order valence-electron chi connectivity index (χ3n) is 1.03. The summed E-state index contributed by atoms with van der Waals surface area (Å²) in [7, 11) is 0. The Balaban J connectivity index is 4.82. The third-order valence-corrected chi connectivity index (χ3v) is 1.03. The van der Waals surface area contributed by atoms with Crippen molar-refractivity contribution in [1.29, 1.82) is 0 Å². The smallest absolute Gasteiger partial charge is 0.291 e. The van der Waals surface area contributed by atoms with E-state index in [2.05, 4.69) is 6.58 Å². The fourth-order valence-electron chi connectivity index (χ4n) is 0.563. The van der Waals surface area contributed by atoms with Crippen molar-refractivity contribution in [2.24, 2.45) is 5.73 Å². The average Bonchev–Trinajstić information content (AvgIpc) is 1.88. The predicted molar refractivity (Wildman–Crippen MR) is 43.2 cm³/mol. The largest absolute Gasteiger partial charge is 0.393 e. The van der Waals surface area contributed by atoms with Gasteiger partial charge in [-0.2, -0.15) is 0 Å². The highest BCUT2D eigenvalue weighted by Crippen LogP contribution is 2.01. The standard InChI is InChI=1S/C7H10N2O2/c1-3-5-6(8)7(4-2)9(10)11/h3-5H,2,8H2,1H3/b5-3-,7-6-. The SMILES string of the molecule is C=C/C(=C(N)\C=C/C)[N+](=O)[O-]. The lowest BCUT2D eigenvalue weighted by molar-refractivity contribution is -0.420. The van der Waals surface area contributed by atoms with Crippen LogP contribution in [0.3, 0.4) is 0 Å². The number of rotatable bonds is 3. The molecule has 0 amide bonds. The first-order valence-corrected chi connectivity index (χ1v) is 3.02. The van der Waals surface area contributed by atoms with Crippen LogP contribution in [-0.4, -0.2) is 4.92 Å². The second-order valence-electron chi connectivity index (χ2n) is 1.80. The average molecular weight is 154 g/mol. The van der Waals surface area contributed by atoms with Gasteiger partial charge in [0.15, 0.2) is 0 Å². The molecule has 0 fully saturated rings. The summed E-state index contributed by atoms with van der Waals surface area (Å²) in [6.07, 6.45) is 4.21. The maximum atomic E-state index is 10.2. The van der Waals surface area contributed by atoms with E-state index in [0.717, 1.165) is 6.08 Å². The zero-order chi connectivity index (χ0) is 8.85. The minimum atomic E-state index is -0.567. The maximum Gasteiger partial charge on any atom is 0.291 e. The first kappa shape index (κ1) is 9.42. The zero-order valence-corrected chi connectivity index (χ0v) is 6.28. The second kappa shape index (κ2) is 4.27. The van der Waals surface area contributed by atoms with Gasteiger partial charge >= 0.3 is 0 Å². The molecule has 2 N–H and O–H groups in total. The van der Waals surface area contributed by atoms with Crippen LogP contribution in [0.5, 0.6) is 0 Å². The Kier molecular flexibility index (Phi) is 3.66.